The van der Waals surface area contributed by atoms with Crippen molar-refractivity contribution in [2.45, 2.75) is 57.7 Å². The molecule has 2 aliphatic rings. The predicted molar refractivity (Wildman–Crippen MR) is 76.1 cm³/mol. The lowest BCUT2D eigenvalue weighted by molar-refractivity contribution is -0.158. The molecule has 2 aliphatic carbocycles. The maximum atomic E-state index is 13.5. The third-order valence-electron chi connectivity index (χ3n) is 4.98. The van der Waals surface area contributed by atoms with E-state index >= 15 is 0 Å². The summed E-state index contributed by atoms with van der Waals surface area (Å²) in [6.07, 6.45) is 3.57. The average Bonchev–Trinajstić information content (AvgIpc) is 2.75. The molecule has 1 spiro atoms. The Hall–Kier alpha value is -1.42. The molecule has 21 heavy (non-hydrogen) atoms. The lowest BCUT2D eigenvalue weighted by Crippen LogP contribution is -2.35. The number of benzene rings is 1. The second-order valence-electron chi connectivity index (χ2n) is 6.34. The van der Waals surface area contributed by atoms with Crippen molar-refractivity contribution in [3.8, 4) is 0 Å². The highest BCUT2D eigenvalue weighted by atomic mass is 19.1. The number of ether oxygens (including phenoxy) is 1. The molecule has 1 N–H and O–H groups in total. The summed E-state index contributed by atoms with van der Waals surface area (Å²) < 4.78 is 19.2. The van der Waals surface area contributed by atoms with E-state index in [-0.39, 0.29) is 29.4 Å². The molecule has 1 aromatic carbocycles. The number of hydrogen-bond donors (Lipinski definition) is 1. The minimum atomic E-state index is -0.298. The van der Waals surface area contributed by atoms with Crippen molar-refractivity contribution in [2.75, 3.05) is 0 Å². The van der Waals surface area contributed by atoms with Crippen molar-refractivity contribution in [1.29, 1.82) is 0 Å². The Morgan fingerprint density at radius 3 is 2.81 bits per heavy atom. The van der Waals surface area contributed by atoms with Crippen LogP contribution in [0, 0.1) is 11.2 Å². The van der Waals surface area contributed by atoms with Crippen LogP contribution in [0.3, 0.4) is 0 Å². The normalized spacial score (nSPS) is 31.2. The quantitative estimate of drug-likeness (QED) is 0.851. The summed E-state index contributed by atoms with van der Waals surface area (Å²) in [6.45, 7) is 1.78. The zero-order valence-electron chi connectivity index (χ0n) is 12.3. The Morgan fingerprint density at radius 2 is 2.14 bits per heavy atom. The molecule has 1 atom stereocenters. The first-order valence-electron chi connectivity index (χ1n) is 7.70. The van der Waals surface area contributed by atoms with Gasteiger partial charge in [-0.15, -0.1) is 0 Å². The van der Waals surface area contributed by atoms with Crippen LogP contribution >= 0.6 is 0 Å². The molecular formula is C17H21FO3. The molecule has 114 valence electrons. The number of halogens is 1. The highest BCUT2D eigenvalue weighted by Gasteiger charge is 2.49. The van der Waals surface area contributed by atoms with Gasteiger partial charge in [0, 0.05) is 11.8 Å². The summed E-state index contributed by atoms with van der Waals surface area (Å²) in [7, 11) is 0. The van der Waals surface area contributed by atoms with Crippen LogP contribution in [0.15, 0.2) is 18.2 Å². The number of hydrogen-bond acceptors (Lipinski definition) is 3. The van der Waals surface area contributed by atoms with E-state index in [0.717, 1.165) is 43.2 Å². The molecular weight excluding hydrogens is 271 g/mol. The smallest absolute Gasteiger partial charge is 0.306 e. The van der Waals surface area contributed by atoms with Crippen molar-refractivity contribution < 1.29 is 19.0 Å². The Morgan fingerprint density at radius 1 is 1.43 bits per heavy atom. The van der Waals surface area contributed by atoms with Crippen LogP contribution in [0.4, 0.5) is 4.39 Å². The van der Waals surface area contributed by atoms with Gasteiger partial charge in [0.1, 0.15) is 11.9 Å². The molecule has 1 fully saturated rings. The molecule has 3 rings (SSSR count). The van der Waals surface area contributed by atoms with E-state index in [1.54, 1.807) is 19.1 Å². The molecule has 1 aromatic rings. The van der Waals surface area contributed by atoms with Crippen molar-refractivity contribution in [1.82, 2.24) is 0 Å². The molecule has 0 aliphatic heterocycles. The average molecular weight is 292 g/mol. The molecule has 0 heterocycles. The zero-order valence-corrected chi connectivity index (χ0v) is 12.3. The number of rotatable bonds is 2. The second-order valence-corrected chi connectivity index (χ2v) is 6.34. The maximum Gasteiger partial charge on any atom is 0.306 e. The minimum Gasteiger partial charge on any atom is -0.457 e. The molecule has 1 unspecified atom stereocenters. The number of carbonyl (C=O) groups is 1. The number of aliphatic hydroxyl groups excluding tert-OH is 1. The molecule has 0 aromatic heterocycles. The van der Waals surface area contributed by atoms with Crippen LogP contribution in [0.1, 0.15) is 56.3 Å². The largest absolute Gasteiger partial charge is 0.457 e. The molecule has 1 saturated carbocycles. The van der Waals surface area contributed by atoms with Gasteiger partial charge in [-0.2, -0.15) is 0 Å². The van der Waals surface area contributed by atoms with Crippen molar-refractivity contribution in [3.05, 3.63) is 35.1 Å². The summed E-state index contributed by atoms with van der Waals surface area (Å²) in [5, 5.41) is 9.76. The van der Waals surface area contributed by atoms with E-state index in [1.807, 2.05) is 0 Å². The highest BCUT2D eigenvalue weighted by Crippen LogP contribution is 2.55. The fourth-order valence-corrected chi connectivity index (χ4v) is 3.80. The summed E-state index contributed by atoms with van der Waals surface area (Å²) in [5.41, 5.74) is 1.72. The van der Waals surface area contributed by atoms with Gasteiger partial charge in [0.25, 0.3) is 0 Å². The highest BCUT2D eigenvalue weighted by molar-refractivity contribution is 5.69. The van der Waals surface area contributed by atoms with E-state index in [4.69, 9.17) is 4.74 Å². The van der Waals surface area contributed by atoms with Gasteiger partial charge in [0.05, 0.1) is 6.10 Å². The fourth-order valence-electron chi connectivity index (χ4n) is 3.80. The van der Waals surface area contributed by atoms with Crippen LogP contribution in [-0.2, 0) is 16.0 Å². The van der Waals surface area contributed by atoms with Gasteiger partial charge >= 0.3 is 5.97 Å². The Labute approximate surface area is 124 Å². The van der Waals surface area contributed by atoms with Gasteiger partial charge in [-0.25, -0.2) is 4.39 Å². The van der Waals surface area contributed by atoms with Crippen molar-refractivity contribution >= 4 is 5.97 Å². The van der Waals surface area contributed by atoms with E-state index in [9.17, 15) is 14.3 Å². The van der Waals surface area contributed by atoms with E-state index in [2.05, 4.69) is 0 Å². The minimum absolute atomic E-state index is 0.166. The topological polar surface area (TPSA) is 46.5 Å². The lowest BCUT2D eigenvalue weighted by Gasteiger charge is -2.40. The standard InChI is InChI=1S/C17H21FO3/c1-2-15(20)21-16-14-4-3-12(18)9-11(14)10-17(16)7-5-13(19)6-8-17/h3-4,9,13,16,19H,2,5-8,10H2,1H3. The third-order valence-corrected chi connectivity index (χ3v) is 4.98. The fraction of sp³-hybridized carbons (Fsp3) is 0.588. The van der Waals surface area contributed by atoms with Crippen LogP contribution in [0.25, 0.3) is 0 Å². The van der Waals surface area contributed by atoms with Gasteiger partial charge in [-0.05, 0) is 55.4 Å². The molecule has 0 saturated heterocycles. The van der Waals surface area contributed by atoms with Gasteiger partial charge < -0.3 is 9.84 Å². The molecule has 3 nitrogen and oxygen atoms in total. The van der Waals surface area contributed by atoms with Crippen LogP contribution in [-0.4, -0.2) is 17.2 Å². The first-order chi connectivity index (χ1) is 10.0. The van der Waals surface area contributed by atoms with Crippen molar-refractivity contribution in [2.24, 2.45) is 5.41 Å². The summed E-state index contributed by atoms with van der Waals surface area (Å²) in [5.74, 6) is -0.468. The van der Waals surface area contributed by atoms with Crippen LogP contribution < -0.4 is 0 Å². The molecule has 0 amide bonds. The number of fused-ring (bicyclic) bond motifs is 1. The van der Waals surface area contributed by atoms with Gasteiger partial charge in [0.15, 0.2) is 0 Å². The van der Waals surface area contributed by atoms with E-state index < -0.39 is 0 Å². The number of esters is 1. The van der Waals surface area contributed by atoms with E-state index in [0.29, 0.717) is 6.42 Å². The van der Waals surface area contributed by atoms with Gasteiger partial charge in [0.2, 0.25) is 0 Å². The lowest BCUT2D eigenvalue weighted by atomic mass is 9.69. The molecule has 4 heteroatoms. The Bertz CT molecular complexity index is 547. The van der Waals surface area contributed by atoms with Gasteiger partial charge in [-0.3, -0.25) is 4.79 Å². The first kappa shape index (κ1) is 14.5. The summed E-state index contributed by atoms with van der Waals surface area (Å²) in [6, 6.07) is 4.74. The first-order valence-corrected chi connectivity index (χ1v) is 7.70. The van der Waals surface area contributed by atoms with Crippen LogP contribution in [0.2, 0.25) is 0 Å². The summed E-state index contributed by atoms with van der Waals surface area (Å²) in [4.78, 5) is 11.8. The van der Waals surface area contributed by atoms with Gasteiger partial charge in [-0.1, -0.05) is 13.0 Å². The summed E-state index contributed by atoms with van der Waals surface area (Å²) >= 11 is 0. The van der Waals surface area contributed by atoms with Crippen LogP contribution in [0.5, 0.6) is 0 Å². The monoisotopic (exact) mass is 292 g/mol. The number of aliphatic hydroxyl groups is 1. The Kier molecular flexibility index (Phi) is 3.74. The number of carbonyl (C=O) groups excluding carboxylic acids is 1. The molecule has 0 radical (unpaired) electrons. The SMILES string of the molecule is CCC(=O)OC1c2ccc(F)cc2CC12CCC(O)CC2. The van der Waals surface area contributed by atoms with E-state index in [1.165, 1.54) is 6.07 Å². The van der Waals surface area contributed by atoms with Crippen molar-refractivity contribution in [3.63, 3.8) is 0 Å². The zero-order chi connectivity index (χ0) is 15.0. The second kappa shape index (κ2) is 5.41. The third kappa shape index (κ3) is 2.57. The maximum absolute atomic E-state index is 13.5. The Balaban J connectivity index is 1.95. The predicted octanol–water partition coefficient (Wildman–Crippen LogP) is 3.30. The molecule has 0 bridgehead atoms.